The Kier molecular flexibility index (Phi) is 4.35. The number of aromatic nitrogens is 2. The zero-order chi connectivity index (χ0) is 21.8. The van der Waals surface area contributed by atoms with E-state index in [0.717, 1.165) is 5.56 Å². The highest BCUT2D eigenvalue weighted by atomic mass is 19.1. The number of aliphatic imine (C=N–C) groups is 1. The van der Waals surface area contributed by atoms with E-state index >= 15 is 0 Å². The van der Waals surface area contributed by atoms with Crippen molar-refractivity contribution in [2.24, 2.45) is 4.99 Å². The van der Waals surface area contributed by atoms with Crippen LogP contribution in [0.4, 0.5) is 10.1 Å². The van der Waals surface area contributed by atoms with Gasteiger partial charge in [-0.2, -0.15) is 9.98 Å². The zero-order valence-corrected chi connectivity index (χ0v) is 17.0. The van der Waals surface area contributed by atoms with Gasteiger partial charge < -0.3 is 14.7 Å². The highest BCUT2D eigenvalue weighted by Crippen LogP contribution is 2.43. The first-order valence-electron chi connectivity index (χ1n) is 10.0. The summed E-state index contributed by atoms with van der Waals surface area (Å²) in [5.41, 5.74) is 0.914. The summed E-state index contributed by atoms with van der Waals surface area (Å²) in [7, 11) is 0. The second kappa shape index (κ2) is 6.97. The molecule has 1 aromatic heterocycles. The number of benzene rings is 1. The Bertz CT molecular complexity index is 1180. The number of allylic oxidation sites excluding steroid dienone is 2. The number of rotatable bonds is 4. The molecule has 0 radical (unpaired) electrons. The Balaban J connectivity index is 1.41. The quantitative estimate of drug-likeness (QED) is 0.813. The van der Waals surface area contributed by atoms with Crippen molar-refractivity contribution in [3.8, 4) is 11.4 Å². The van der Waals surface area contributed by atoms with Crippen molar-refractivity contribution in [2.45, 2.75) is 44.3 Å². The summed E-state index contributed by atoms with van der Waals surface area (Å²) >= 11 is 0. The average molecular weight is 421 g/mol. The molecule has 2 amide bonds. The fourth-order valence-corrected chi connectivity index (χ4v) is 3.75. The van der Waals surface area contributed by atoms with Crippen molar-refractivity contribution < 1.29 is 18.5 Å². The smallest absolute Gasteiger partial charge is 0.250 e. The third kappa shape index (κ3) is 3.35. The molecule has 1 saturated carbocycles. The molecule has 1 fully saturated rings. The first-order chi connectivity index (χ1) is 14.8. The Morgan fingerprint density at radius 2 is 2.16 bits per heavy atom. The van der Waals surface area contributed by atoms with E-state index in [1.54, 1.807) is 42.3 Å². The highest BCUT2D eigenvalue weighted by molar-refractivity contribution is 6.12. The van der Waals surface area contributed by atoms with Gasteiger partial charge in [0, 0.05) is 17.5 Å². The van der Waals surface area contributed by atoms with Crippen molar-refractivity contribution in [3.63, 3.8) is 0 Å². The molecule has 31 heavy (non-hydrogen) atoms. The van der Waals surface area contributed by atoms with Gasteiger partial charge in [-0.05, 0) is 44.1 Å². The van der Waals surface area contributed by atoms with Gasteiger partial charge in [0.25, 0.3) is 11.8 Å². The summed E-state index contributed by atoms with van der Waals surface area (Å²) in [5, 5.41) is 6.89. The van der Waals surface area contributed by atoms with Gasteiger partial charge in [-0.1, -0.05) is 23.4 Å². The van der Waals surface area contributed by atoms with Crippen LogP contribution in [0.2, 0.25) is 0 Å². The minimum Gasteiger partial charge on any atom is -0.339 e. The molecular weight excluding hydrogens is 401 g/mol. The lowest BCUT2D eigenvalue weighted by Crippen LogP contribution is -2.58. The highest BCUT2D eigenvalue weighted by Gasteiger charge is 2.45. The second-order valence-corrected chi connectivity index (χ2v) is 8.18. The minimum absolute atomic E-state index is 0.0424. The molecule has 0 spiro atoms. The van der Waals surface area contributed by atoms with Gasteiger partial charge in [-0.25, -0.2) is 4.39 Å². The van der Waals surface area contributed by atoms with Gasteiger partial charge in [0.2, 0.25) is 11.7 Å². The van der Waals surface area contributed by atoms with Crippen LogP contribution in [0.3, 0.4) is 0 Å². The van der Waals surface area contributed by atoms with Gasteiger partial charge in [0.05, 0.1) is 12.3 Å². The number of carbonyl (C=O) groups excluding carboxylic acids is 2. The minimum atomic E-state index is -1.13. The van der Waals surface area contributed by atoms with Crippen molar-refractivity contribution in [1.29, 1.82) is 0 Å². The molecule has 2 aliphatic heterocycles. The summed E-state index contributed by atoms with van der Waals surface area (Å²) in [5.74, 6) is 0.0610. The molecule has 9 heteroatoms. The van der Waals surface area contributed by atoms with E-state index in [1.165, 1.54) is 0 Å². The number of aryl methyl sites for hydroxylation is 1. The number of nitrogens with zero attached hydrogens (tertiary/aromatic N) is 4. The number of alkyl halides is 1. The number of hydrogen-bond acceptors (Lipinski definition) is 6. The van der Waals surface area contributed by atoms with E-state index in [1.807, 2.05) is 19.1 Å². The Hall–Kier alpha value is -3.62. The molecule has 3 aliphatic rings. The monoisotopic (exact) mass is 421 g/mol. The molecule has 1 aliphatic carbocycles. The van der Waals surface area contributed by atoms with E-state index in [4.69, 9.17) is 4.52 Å². The SMILES string of the molecule is Cc1ccc(-c2noc([C@H]3C[C@@H]3F)n2)cc1NC(=O)C1(C)CC(=O)N=C2C=CC=CN21. The van der Waals surface area contributed by atoms with E-state index in [2.05, 4.69) is 20.4 Å². The lowest BCUT2D eigenvalue weighted by atomic mass is 9.91. The topological polar surface area (TPSA) is 101 Å². The molecule has 3 heterocycles. The standard InChI is InChI=1S/C22H20FN5O3/c1-12-6-7-13(19-26-20(31-27-19)14-10-15(14)23)9-16(12)24-21(30)22(2)11-18(29)25-17-5-3-4-8-28(17)22/h3-9,14-15H,10-11H2,1-2H3,(H,24,30)/t14-,15-,22?/m0/s1. The van der Waals surface area contributed by atoms with E-state index in [-0.39, 0.29) is 24.2 Å². The summed E-state index contributed by atoms with van der Waals surface area (Å²) in [6.07, 6.45) is 6.44. The fourth-order valence-electron chi connectivity index (χ4n) is 3.75. The third-order valence-corrected chi connectivity index (χ3v) is 5.81. The second-order valence-electron chi connectivity index (χ2n) is 8.18. The molecule has 158 valence electrons. The van der Waals surface area contributed by atoms with E-state index in [9.17, 15) is 14.0 Å². The Morgan fingerprint density at radius 1 is 1.35 bits per heavy atom. The number of nitrogens with one attached hydrogen (secondary N) is 1. The molecule has 8 nitrogen and oxygen atoms in total. The number of fused-ring (bicyclic) bond motifs is 1. The molecule has 1 aromatic carbocycles. The van der Waals surface area contributed by atoms with Crippen LogP contribution in [0.15, 0.2) is 52.1 Å². The summed E-state index contributed by atoms with van der Waals surface area (Å²) in [4.78, 5) is 35.5. The lowest BCUT2D eigenvalue weighted by molar-refractivity contribution is -0.130. The Morgan fingerprint density at radius 3 is 2.94 bits per heavy atom. The Labute approximate surface area is 177 Å². The first-order valence-corrected chi connectivity index (χ1v) is 10.0. The van der Waals surface area contributed by atoms with Crippen molar-refractivity contribution in [2.75, 3.05) is 5.32 Å². The van der Waals surface area contributed by atoms with E-state index in [0.29, 0.717) is 35.2 Å². The van der Waals surface area contributed by atoms with Crippen molar-refractivity contribution >= 4 is 23.3 Å². The maximum absolute atomic E-state index is 13.3. The molecule has 5 rings (SSSR count). The average Bonchev–Trinajstić information content (AvgIpc) is 3.27. The van der Waals surface area contributed by atoms with Gasteiger partial charge in [0.1, 0.15) is 17.5 Å². The van der Waals surface area contributed by atoms with Crippen LogP contribution in [0.25, 0.3) is 11.4 Å². The summed E-state index contributed by atoms with van der Waals surface area (Å²) in [6, 6.07) is 5.39. The summed E-state index contributed by atoms with van der Waals surface area (Å²) < 4.78 is 18.5. The lowest BCUT2D eigenvalue weighted by Gasteiger charge is -2.41. The maximum Gasteiger partial charge on any atom is 0.250 e. The van der Waals surface area contributed by atoms with Gasteiger partial charge in [-0.3, -0.25) is 9.59 Å². The number of halogens is 1. The third-order valence-electron chi connectivity index (χ3n) is 5.81. The first kappa shape index (κ1) is 19.3. The maximum atomic E-state index is 13.3. The van der Waals surface area contributed by atoms with Crippen LogP contribution < -0.4 is 5.32 Å². The fraction of sp³-hybridized carbons (Fsp3) is 0.318. The van der Waals surface area contributed by atoms with Crippen LogP contribution in [0.5, 0.6) is 0 Å². The van der Waals surface area contributed by atoms with Crippen LogP contribution in [0, 0.1) is 6.92 Å². The van der Waals surface area contributed by atoms with Crippen molar-refractivity contribution in [1.82, 2.24) is 15.0 Å². The molecule has 1 unspecified atom stereocenters. The van der Waals surface area contributed by atoms with Crippen LogP contribution in [0.1, 0.15) is 37.1 Å². The molecule has 2 aromatic rings. The number of carbonyl (C=O) groups is 2. The number of hydrogen-bond donors (Lipinski definition) is 1. The normalized spacial score (nSPS) is 26.5. The predicted octanol–water partition coefficient (Wildman–Crippen LogP) is 3.28. The van der Waals surface area contributed by atoms with Crippen LogP contribution in [-0.4, -0.2) is 44.4 Å². The van der Waals surface area contributed by atoms with Crippen LogP contribution >= 0.6 is 0 Å². The number of amidine groups is 1. The zero-order valence-electron chi connectivity index (χ0n) is 17.0. The molecule has 0 bridgehead atoms. The predicted molar refractivity (Wildman–Crippen MR) is 111 cm³/mol. The van der Waals surface area contributed by atoms with Crippen LogP contribution in [-0.2, 0) is 9.59 Å². The van der Waals surface area contributed by atoms with Gasteiger partial charge >= 0.3 is 0 Å². The van der Waals surface area contributed by atoms with Gasteiger partial charge in [-0.15, -0.1) is 0 Å². The number of anilines is 1. The summed E-state index contributed by atoms with van der Waals surface area (Å²) in [6.45, 7) is 3.58. The van der Waals surface area contributed by atoms with E-state index < -0.39 is 11.7 Å². The molecule has 1 N–H and O–H groups in total. The largest absolute Gasteiger partial charge is 0.339 e. The molecular formula is C22H20FN5O3. The van der Waals surface area contributed by atoms with Crippen molar-refractivity contribution in [3.05, 3.63) is 54.1 Å². The number of amides is 2. The molecule has 3 atom stereocenters. The van der Waals surface area contributed by atoms with Gasteiger partial charge in [0.15, 0.2) is 0 Å². The molecule has 0 saturated heterocycles.